The zero-order valence-electron chi connectivity index (χ0n) is 17.4. The molecule has 0 radical (unpaired) electrons. The van der Waals surface area contributed by atoms with E-state index < -0.39 is 0 Å². The summed E-state index contributed by atoms with van der Waals surface area (Å²) < 4.78 is 7.53. The molecule has 1 unspecified atom stereocenters. The minimum Gasteiger partial charge on any atom is -0.377 e. The van der Waals surface area contributed by atoms with Gasteiger partial charge in [0.1, 0.15) is 4.64 Å². The van der Waals surface area contributed by atoms with Crippen molar-refractivity contribution < 1.29 is 4.74 Å². The summed E-state index contributed by atoms with van der Waals surface area (Å²) in [6.07, 6.45) is 6.10. The Kier molecular flexibility index (Phi) is 6.43. The van der Waals surface area contributed by atoms with Gasteiger partial charge in [0, 0.05) is 30.4 Å². The maximum absolute atomic E-state index is 12.1. The Labute approximate surface area is 194 Å². The smallest absolute Gasteiger partial charge is 0.326 e. The number of nitrogens with zero attached hydrogens (tertiary/aromatic N) is 2. The average molecular weight is 475 g/mol. The van der Waals surface area contributed by atoms with Gasteiger partial charge in [-0.25, -0.2) is 9.78 Å². The summed E-state index contributed by atoms with van der Waals surface area (Å²) in [6, 6.07) is 5.81. The van der Waals surface area contributed by atoms with E-state index >= 15 is 0 Å². The van der Waals surface area contributed by atoms with E-state index in [0.717, 1.165) is 32.4 Å². The van der Waals surface area contributed by atoms with Crippen molar-refractivity contribution in [1.29, 1.82) is 0 Å². The van der Waals surface area contributed by atoms with Crippen LogP contribution in [0.15, 0.2) is 29.2 Å². The lowest BCUT2D eigenvalue weighted by molar-refractivity contribution is 0.0870. The van der Waals surface area contributed by atoms with E-state index in [4.69, 9.17) is 33.5 Å². The van der Waals surface area contributed by atoms with Crippen molar-refractivity contribution in [3.63, 3.8) is 0 Å². The molecule has 6 nitrogen and oxygen atoms in total. The molecule has 2 heterocycles. The quantitative estimate of drug-likeness (QED) is 0.302. The molecule has 31 heavy (non-hydrogen) atoms. The number of thiazole rings is 1. The van der Waals surface area contributed by atoms with Crippen molar-refractivity contribution in [3.8, 4) is 0 Å². The van der Waals surface area contributed by atoms with Gasteiger partial charge in [-0.1, -0.05) is 47.3 Å². The van der Waals surface area contributed by atoms with Crippen LogP contribution in [0.3, 0.4) is 0 Å². The number of ether oxygens (including phenoxy) is 1. The second-order valence-corrected chi connectivity index (χ2v) is 9.48. The van der Waals surface area contributed by atoms with Crippen molar-refractivity contribution >= 4 is 52.4 Å². The van der Waals surface area contributed by atoms with Crippen LogP contribution in [0.5, 0.6) is 0 Å². The van der Waals surface area contributed by atoms with Gasteiger partial charge in [-0.15, -0.1) is 0 Å². The van der Waals surface area contributed by atoms with Crippen LogP contribution < -0.4 is 11.0 Å². The van der Waals surface area contributed by atoms with Gasteiger partial charge in [-0.3, -0.25) is 4.98 Å². The molecule has 2 aromatic heterocycles. The highest BCUT2D eigenvalue weighted by Crippen LogP contribution is 2.42. The number of nitrogens with one attached hydrogen (secondary N) is 2. The molecular formula is C22H23ClN4O2S2. The van der Waals surface area contributed by atoms with Gasteiger partial charge in [-0.05, 0) is 43.2 Å². The zero-order chi connectivity index (χ0) is 22.1. The first-order valence-corrected chi connectivity index (χ1v) is 11.6. The van der Waals surface area contributed by atoms with Crippen LogP contribution in [0.1, 0.15) is 47.0 Å². The van der Waals surface area contributed by atoms with Crippen molar-refractivity contribution in [2.45, 2.75) is 25.9 Å². The summed E-state index contributed by atoms with van der Waals surface area (Å²) in [7, 11) is 1.71. The molecule has 1 aliphatic carbocycles. The number of hydrogen-bond donors (Lipinski definition) is 2. The van der Waals surface area contributed by atoms with Crippen molar-refractivity contribution in [2.75, 3.05) is 18.5 Å². The largest absolute Gasteiger partial charge is 0.377 e. The van der Waals surface area contributed by atoms with Crippen LogP contribution in [-0.2, 0) is 11.8 Å². The predicted octanol–water partition coefficient (Wildman–Crippen LogP) is 5.05. The third-order valence-electron chi connectivity index (χ3n) is 5.00. The molecule has 1 atom stereocenters. The minimum atomic E-state index is -0.247. The molecule has 0 aliphatic heterocycles. The number of fused-ring (bicyclic) bond motifs is 2. The van der Waals surface area contributed by atoms with Gasteiger partial charge in [-0.2, -0.15) is 0 Å². The first-order valence-electron chi connectivity index (χ1n) is 9.97. The van der Waals surface area contributed by atoms with Crippen LogP contribution >= 0.6 is 35.2 Å². The first-order chi connectivity index (χ1) is 14.8. The second-order valence-electron chi connectivity index (χ2n) is 7.61. The standard InChI is InChI=1S/C22H23ClN4O2S2/c1-12(2)29-9-8-24-21-25-19-17(31-21)7-4-13-10-14(23)5-6-15(13)18(19)16-11-27(3)22(28)26-20(16)30/h4-7,10-12,18H,8-9H2,1-3H3,(H,24,25)(H,26,28,30). The van der Waals surface area contributed by atoms with Gasteiger partial charge < -0.3 is 14.6 Å². The Morgan fingerprint density at radius 1 is 1.35 bits per heavy atom. The molecule has 2 N–H and O–H groups in total. The molecule has 4 rings (SSSR count). The molecule has 0 spiro atoms. The average Bonchev–Trinajstić information content (AvgIpc) is 3.05. The number of halogens is 1. The number of aryl methyl sites for hydroxylation is 1. The Morgan fingerprint density at radius 2 is 2.16 bits per heavy atom. The van der Waals surface area contributed by atoms with Crippen LogP contribution in [-0.4, -0.2) is 33.8 Å². The summed E-state index contributed by atoms with van der Waals surface area (Å²) in [6.45, 7) is 5.31. The van der Waals surface area contributed by atoms with E-state index in [9.17, 15) is 4.79 Å². The Morgan fingerprint density at radius 3 is 2.94 bits per heavy atom. The SMILES string of the molecule is CC(C)OCCNc1nc2c(s1)C=Cc1cc(Cl)ccc1C2c1cn(C)c(=O)[nH]c1=S. The lowest BCUT2D eigenvalue weighted by atomic mass is 9.88. The summed E-state index contributed by atoms with van der Waals surface area (Å²) in [5.41, 5.74) is 3.52. The second kappa shape index (κ2) is 9.08. The van der Waals surface area contributed by atoms with Gasteiger partial charge in [0.05, 0.1) is 29.2 Å². The molecule has 0 saturated heterocycles. The topological polar surface area (TPSA) is 71.9 Å². The molecule has 1 aromatic carbocycles. The van der Waals surface area contributed by atoms with Crippen molar-refractivity contribution in [2.24, 2.45) is 7.05 Å². The van der Waals surface area contributed by atoms with Gasteiger partial charge in [0.2, 0.25) is 0 Å². The van der Waals surface area contributed by atoms with Crippen LogP contribution in [0, 0.1) is 4.64 Å². The molecule has 1 aliphatic rings. The molecule has 3 aromatic rings. The fraction of sp³-hybridized carbons (Fsp3) is 0.318. The molecule has 0 bridgehead atoms. The van der Waals surface area contributed by atoms with Gasteiger partial charge in [0.25, 0.3) is 0 Å². The number of aromatic nitrogens is 3. The molecule has 0 fully saturated rings. The van der Waals surface area contributed by atoms with E-state index in [1.807, 2.05) is 32.0 Å². The third-order valence-corrected chi connectivity index (χ3v) is 6.57. The van der Waals surface area contributed by atoms with E-state index in [1.54, 1.807) is 24.6 Å². The molecule has 162 valence electrons. The number of hydrogen-bond acceptors (Lipinski definition) is 6. The lowest BCUT2D eigenvalue weighted by Crippen LogP contribution is -2.22. The van der Waals surface area contributed by atoms with Gasteiger partial charge in [0.15, 0.2) is 5.13 Å². The van der Waals surface area contributed by atoms with E-state index in [0.29, 0.717) is 22.8 Å². The van der Waals surface area contributed by atoms with E-state index in [-0.39, 0.29) is 17.7 Å². The van der Waals surface area contributed by atoms with E-state index in [2.05, 4.69) is 22.5 Å². The van der Waals surface area contributed by atoms with Crippen LogP contribution in [0.2, 0.25) is 5.02 Å². The first kappa shape index (κ1) is 22.0. The monoisotopic (exact) mass is 474 g/mol. The maximum Gasteiger partial charge on any atom is 0.326 e. The van der Waals surface area contributed by atoms with E-state index in [1.165, 1.54) is 4.57 Å². The Balaban J connectivity index is 1.80. The fourth-order valence-electron chi connectivity index (χ4n) is 3.57. The van der Waals surface area contributed by atoms with Crippen molar-refractivity contribution in [1.82, 2.24) is 14.5 Å². The molecular weight excluding hydrogens is 452 g/mol. The van der Waals surface area contributed by atoms with Crippen LogP contribution in [0.4, 0.5) is 5.13 Å². The highest BCUT2D eigenvalue weighted by molar-refractivity contribution is 7.71. The number of rotatable bonds is 6. The minimum absolute atomic E-state index is 0.192. The van der Waals surface area contributed by atoms with Gasteiger partial charge >= 0.3 is 5.69 Å². The summed E-state index contributed by atoms with van der Waals surface area (Å²) in [5, 5.41) is 4.84. The fourth-order valence-corrected chi connectivity index (χ4v) is 4.94. The highest BCUT2D eigenvalue weighted by atomic mass is 35.5. The molecule has 0 saturated carbocycles. The zero-order valence-corrected chi connectivity index (χ0v) is 19.8. The summed E-state index contributed by atoms with van der Waals surface area (Å²) in [4.78, 5) is 20.8. The number of H-pyrrole nitrogens is 1. The maximum atomic E-state index is 12.1. The summed E-state index contributed by atoms with van der Waals surface area (Å²) >= 11 is 13.4. The number of aromatic amines is 1. The number of benzene rings is 1. The predicted molar refractivity (Wildman–Crippen MR) is 130 cm³/mol. The third kappa shape index (κ3) is 4.67. The molecule has 0 amide bonds. The highest BCUT2D eigenvalue weighted by Gasteiger charge is 2.28. The summed E-state index contributed by atoms with van der Waals surface area (Å²) in [5.74, 6) is -0.230. The number of anilines is 1. The van der Waals surface area contributed by atoms with Crippen LogP contribution in [0.25, 0.3) is 12.2 Å². The lowest BCUT2D eigenvalue weighted by Gasteiger charge is -2.19. The Hall–Kier alpha value is -2.26. The molecule has 9 heteroatoms. The normalized spacial score (nSPS) is 14.9. The van der Waals surface area contributed by atoms with Crippen molar-refractivity contribution in [3.05, 3.63) is 71.8 Å². The Bertz CT molecular complexity index is 1260.